The molecule has 0 aromatic carbocycles. The molecule has 2 aromatic heterocycles. The van der Waals surface area contributed by atoms with Crippen LogP contribution in [-0.4, -0.2) is 21.1 Å². The van der Waals surface area contributed by atoms with E-state index in [4.69, 9.17) is 11.6 Å². The van der Waals surface area contributed by atoms with Crippen LogP contribution < -0.4 is 5.32 Å². The van der Waals surface area contributed by atoms with Crippen molar-refractivity contribution in [3.05, 3.63) is 23.0 Å². The van der Waals surface area contributed by atoms with Gasteiger partial charge in [0.2, 0.25) is 0 Å². The van der Waals surface area contributed by atoms with Gasteiger partial charge in [-0.1, -0.05) is 30.9 Å². The Morgan fingerprint density at radius 3 is 2.95 bits per heavy atom. The highest BCUT2D eigenvalue weighted by Crippen LogP contribution is 2.26. The molecule has 4 nitrogen and oxygen atoms in total. The first-order valence-electron chi connectivity index (χ1n) is 6.99. The van der Waals surface area contributed by atoms with E-state index in [1.165, 1.54) is 32.1 Å². The van der Waals surface area contributed by atoms with E-state index in [1.807, 2.05) is 17.5 Å². The van der Waals surface area contributed by atoms with E-state index in [0.717, 1.165) is 29.5 Å². The average molecular weight is 279 g/mol. The van der Waals surface area contributed by atoms with Crippen LogP contribution in [0, 0.1) is 12.8 Å². The molecule has 2 aromatic rings. The molecular formula is C14H19ClN4. The van der Waals surface area contributed by atoms with Crippen molar-refractivity contribution >= 4 is 23.1 Å². The summed E-state index contributed by atoms with van der Waals surface area (Å²) in [7, 11) is 0. The second kappa shape index (κ2) is 5.37. The first kappa shape index (κ1) is 12.7. The zero-order valence-corrected chi connectivity index (χ0v) is 12.0. The fourth-order valence-electron chi connectivity index (χ4n) is 2.83. The summed E-state index contributed by atoms with van der Waals surface area (Å²) in [6.45, 7) is 2.98. The average Bonchev–Trinajstić information content (AvgIpc) is 2.88. The maximum Gasteiger partial charge on any atom is 0.159 e. The number of fused-ring (bicyclic) bond motifs is 1. The summed E-state index contributed by atoms with van der Waals surface area (Å²) in [5, 5.41) is 8.40. The van der Waals surface area contributed by atoms with Gasteiger partial charge in [-0.3, -0.25) is 0 Å². The van der Waals surface area contributed by atoms with Crippen LogP contribution in [-0.2, 0) is 0 Å². The van der Waals surface area contributed by atoms with Gasteiger partial charge in [0.15, 0.2) is 5.65 Å². The lowest BCUT2D eigenvalue weighted by molar-refractivity contribution is 0.373. The Morgan fingerprint density at radius 1 is 1.37 bits per heavy atom. The van der Waals surface area contributed by atoms with Crippen molar-refractivity contribution in [3.63, 3.8) is 0 Å². The van der Waals surface area contributed by atoms with Gasteiger partial charge in [-0.05, 0) is 25.7 Å². The van der Waals surface area contributed by atoms with Crippen molar-refractivity contribution in [2.45, 2.75) is 39.0 Å². The van der Waals surface area contributed by atoms with E-state index in [0.29, 0.717) is 5.15 Å². The zero-order valence-electron chi connectivity index (χ0n) is 11.2. The van der Waals surface area contributed by atoms with E-state index in [1.54, 1.807) is 6.20 Å². The molecule has 1 aliphatic carbocycles. The van der Waals surface area contributed by atoms with Gasteiger partial charge < -0.3 is 5.32 Å². The Kier molecular flexibility index (Phi) is 3.60. The number of nitrogens with zero attached hydrogens (tertiary/aromatic N) is 3. The topological polar surface area (TPSA) is 42.2 Å². The Labute approximate surface area is 118 Å². The van der Waals surface area contributed by atoms with Gasteiger partial charge in [-0.25, -0.2) is 4.98 Å². The molecule has 19 heavy (non-hydrogen) atoms. The first-order valence-corrected chi connectivity index (χ1v) is 7.37. The fourth-order valence-corrected chi connectivity index (χ4v) is 3.01. The predicted molar refractivity (Wildman–Crippen MR) is 77.8 cm³/mol. The molecule has 1 fully saturated rings. The van der Waals surface area contributed by atoms with Crippen molar-refractivity contribution in [3.8, 4) is 0 Å². The second-order valence-electron chi connectivity index (χ2n) is 5.36. The first-order chi connectivity index (χ1) is 9.25. The number of aromatic nitrogens is 3. The second-order valence-corrected chi connectivity index (χ2v) is 5.72. The minimum atomic E-state index is 0.555. The van der Waals surface area contributed by atoms with Crippen LogP contribution in [0.25, 0.3) is 5.65 Å². The van der Waals surface area contributed by atoms with Crippen LogP contribution in [0.1, 0.15) is 37.7 Å². The van der Waals surface area contributed by atoms with E-state index in [9.17, 15) is 0 Å². The van der Waals surface area contributed by atoms with E-state index < -0.39 is 0 Å². The van der Waals surface area contributed by atoms with Gasteiger partial charge >= 0.3 is 0 Å². The van der Waals surface area contributed by atoms with E-state index in [2.05, 4.69) is 15.4 Å². The maximum atomic E-state index is 6.18. The van der Waals surface area contributed by atoms with Crippen molar-refractivity contribution in [1.29, 1.82) is 0 Å². The third kappa shape index (κ3) is 2.54. The molecule has 0 radical (unpaired) electrons. The van der Waals surface area contributed by atoms with Crippen LogP contribution >= 0.6 is 11.6 Å². The number of hydrogen-bond donors (Lipinski definition) is 1. The quantitative estimate of drug-likeness (QED) is 0.871. The van der Waals surface area contributed by atoms with Crippen molar-refractivity contribution in [2.75, 3.05) is 11.9 Å². The lowest BCUT2D eigenvalue weighted by Crippen LogP contribution is -2.19. The van der Waals surface area contributed by atoms with Crippen molar-refractivity contribution in [1.82, 2.24) is 14.6 Å². The molecule has 0 aliphatic heterocycles. The Balaban J connectivity index is 1.82. The highest BCUT2D eigenvalue weighted by Gasteiger charge is 2.16. The number of rotatable bonds is 3. The molecule has 1 aliphatic rings. The van der Waals surface area contributed by atoms with Gasteiger partial charge in [0.1, 0.15) is 11.0 Å². The summed E-state index contributed by atoms with van der Waals surface area (Å²) in [5.74, 6) is 1.75. The van der Waals surface area contributed by atoms with E-state index >= 15 is 0 Å². The minimum absolute atomic E-state index is 0.555. The monoisotopic (exact) mass is 278 g/mol. The number of halogens is 1. The van der Waals surface area contributed by atoms with Crippen LogP contribution in [0.15, 0.2) is 12.3 Å². The molecule has 0 spiro atoms. The molecule has 0 unspecified atom stereocenters. The molecule has 0 atom stereocenters. The summed E-state index contributed by atoms with van der Waals surface area (Å²) in [6, 6.07) is 1.87. The van der Waals surface area contributed by atoms with E-state index in [-0.39, 0.29) is 0 Å². The normalized spacial score (nSPS) is 16.9. The Hall–Kier alpha value is -1.29. The van der Waals surface area contributed by atoms with Gasteiger partial charge in [0.25, 0.3) is 0 Å². The number of nitrogens with one attached hydrogen (secondary N) is 1. The van der Waals surface area contributed by atoms with Gasteiger partial charge in [-0.15, -0.1) is 0 Å². The molecule has 1 N–H and O–H groups in total. The summed E-state index contributed by atoms with van der Waals surface area (Å²) in [6.07, 6.45) is 8.52. The summed E-state index contributed by atoms with van der Waals surface area (Å²) in [5.41, 5.74) is 1.76. The maximum absolute atomic E-state index is 6.18. The Morgan fingerprint density at radius 2 is 2.16 bits per heavy atom. The van der Waals surface area contributed by atoms with Crippen LogP contribution in [0.5, 0.6) is 0 Å². The standard InChI is InChI=1S/C14H19ClN4/c1-10-13(15)18-12-7-8-17-19(12)14(10)16-9-11-5-3-2-4-6-11/h7-8,11,16H,2-6,9H2,1H3. The fraction of sp³-hybridized carbons (Fsp3) is 0.571. The zero-order chi connectivity index (χ0) is 13.2. The smallest absolute Gasteiger partial charge is 0.159 e. The lowest BCUT2D eigenvalue weighted by Gasteiger charge is -2.23. The molecule has 0 bridgehead atoms. The number of hydrogen-bond acceptors (Lipinski definition) is 3. The molecule has 5 heteroatoms. The highest BCUT2D eigenvalue weighted by atomic mass is 35.5. The summed E-state index contributed by atoms with van der Waals surface area (Å²) >= 11 is 6.18. The largest absolute Gasteiger partial charge is 0.369 e. The van der Waals surface area contributed by atoms with Crippen LogP contribution in [0.3, 0.4) is 0 Å². The minimum Gasteiger partial charge on any atom is -0.369 e. The highest BCUT2D eigenvalue weighted by molar-refractivity contribution is 6.30. The van der Waals surface area contributed by atoms with Gasteiger partial charge in [0.05, 0.1) is 6.20 Å². The molecule has 102 valence electrons. The van der Waals surface area contributed by atoms with Crippen molar-refractivity contribution in [2.24, 2.45) is 5.92 Å². The molecule has 0 amide bonds. The SMILES string of the molecule is Cc1c(Cl)nc2ccnn2c1NCC1CCCCC1. The predicted octanol–water partition coefficient (Wildman–Crippen LogP) is 3.68. The molecule has 3 rings (SSSR count). The molecular weight excluding hydrogens is 260 g/mol. The number of anilines is 1. The third-order valence-electron chi connectivity index (χ3n) is 3.99. The molecule has 1 saturated carbocycles. The third-order valence-corrected chi connectivity index (χ3v) is 4.36. The lowest BCUT2D eigenvalue weighted by atomic mass is 9.89. The summed E-state index contributed by atoms with van der Waals surface area (Å²) in [4.78, 5) is 4.32. The van der Waals surface area contributed by atoms with Crippen LogP contribution in [0.2, 0.25) is 5.15 Å². The van der Waals surface area contributed by atoms with Crippen molar-refractivity contribution < 1.29 is 0 Å². The summed E-state index contributed by atoms with van der Waals surface area (Å²) < 4.78 is 1.84. The molecule has 0 saturated heterocycles. The van der Waals surface area contributed by atoms with Gasteiger partial charge in [-0.2, -0.15) is 9.61 Å². The van der Waals surface area contributed by atoms with Crippen LogP contribution in [0.4, 0.5) is 5.82 Å². The van der Waals surface area contributed by atoms with Gasteiger partial charge in [0, 0.05) is 18.2 Å². The molecule has 2 heterocycles. The Bertz CT molecular complexity index is 572.